The number of carbonyl (C=O) groups is 1. The van der Waals surface area contributed by atoms with E-state index in [4.69, 9.17) is 16.7 Å². The predicted molar refractivity (Wildman–Crippen MR) is 33.4 cm³/mol. The Morgan fingerprint density at radius 1 is 1.89 bits per heavy atom. The summed E-state index contributed by atoms with van der Waals surface area (Å²) in [6.45, 7) is 1.05. The molecule has 0 aliphatic rings. The molecule has 0 aliphatic carbocycles. The smallest absolute Gasteiger partial charge is 0.303 e. The van der Waals surface area contributed by atoms with E-state index in [-0.39, 0.29) is 12.5 Å². The molecule has 1 atom stereocenters. The lowest BCUT2D eigenvalue weighted by atomic mass is 10.4. The van der Waals surface area contributed by atoms with Gasteiger partial charge in [-0.3, -0.25) is 4.79 Å². The van der Waals surface area contributed by atoms with Crippen LogP contribution < -0.4 is 0 Å². The predicted octanol–water partition coefficient (Wildman–Crippen LogP) is 0.149. The van der Waals surface area contributed by atoms with Crippen molar-refractivity contribution in [3.63, 3.8) is 0 Å². The van der Waals surface area contributed by atoms with Gasteiger partial charge < -0.3 is 9.84 Å². The van der Waals surface area contributed by atoms with E-state index in [0.717, 1.165) is 0 Å². The van der Waals surface area contributed by atoms with E-state index < -0.39 is 12.1 Å². The molecule has 0 radical (unpaired) electrons. The maximum atomic E-state index is 10.2. The number of aliphatic hydroxyl groups is 1. The highest BCUT2D eigenvalue weighted by molar-refractivity contribution is 6.18. The zero-order valence-corrected chi connectivity index (χ0v) is 5.89. The number of aliphatic hydroxyl groups excluding tert-OH is 1. The molecule has 3 nitrogen and oxygen atoms in total. The van der Waals surface area contributed by atoms with Gasteiger partial charge >= 0.3 is 5.97 Å². The largest absolute Gasteiger partial charge is 0.459 e. The van der Waals surface area contributed by atoms with Crippen LogP contribution in [0, 0.1) is 0 Å². The topological polar surface area (TPSA) is 46.5 Å². The number of ether oxygens (including phenoxy) is 1. The van der Waals surface area contributed by atoms with Crippen LogP contribution in [0.15, 0.2) is 0 Å². The Kier molecular flexibility index (Phi) is 4.44. The molecule has 0 heterocycles. The second-order valence-electron chi connectivity index (χ2n) is 1.57. The molecule has 0 bridgehead atoms. The number of hydrogen-bond acceptors (Lipinski definition) is 3. The molecular weight excluding hydrogens is 144 g/mol. The Balaban J connectivity index is 3.43. The normalized spacial score (nSPS) is 12.8. The van der Waals surface area contributed by atoms with Crippen molar-refractivity contribution in [2.24, 2.45) is 0 Å². The SMILES string of the molecule is CC(=O)OC(CO)CCl. The van der Waals surface area contributed by atoms with Crippen molar-refractivity contribution in [1.82, 2.24) is 0 Å². The molecule has 9 heavy (non-hydrogen) atoms. The highest BCUT2D eigenvalue weighted by atomic mass is 35.5. The summed E-state index contributed by atoms with van der Waals surface area (Å²) in [6.07, 6.45) is -0.552. The lowest BCUT2D eigenvalue weighted by Gasteiger charge is -2.09. The second kappa shape index (κ2) is 4.58. The molecule has 0 aliphatic heterocycles. The summed E-state index contributed by atoms with van der Waals surface area (Å²) in [5.41, 5.74) is 0. The van der Waals surface area contributed by atoms with Crippen molar-refractivity contribution in [3.8, 4) is 0 Å². The van der Waals surface area contributed by atoms with Crippen molar-refractivity contribution in [1.29, 1.82) is 0 Å². The Morgan fingerprint density at radius 2 is 2.44 bits per heavy atom. The van der Waals surface area contributed by atoms with Gasteiger partial charge in [-0.25, -0.2) is 0 Å². The lowest BCUT2D eigenvalue weighted by Crippen LogP contribution is -2.21. The van der Waals surface area contributed by atoms with Crippen LogP contribution >= 0.6 is 11.6 Å². The third kappa shape index (κ3) is 4.24. The molecule has 0 fully saturated rings. The van der Waals surface area contributed by atoms with Crippen LogP contribution in [0.1, 0.15) is 6.92 Å². The van der Waals surface area contributed by atoms with Crippen molar-refractivity contribution in [3.05, 3.63) is 0 Å². The number of hydrogen-bond donors (Lipinski definition) is 1. The maximum Gasteiger partial charge on any atom is 0.303 e. The van der Waals surface area contributed by atoms with Crippen molar-refractivity contribution in [2.75, 3.05) is 12.5 Å². The first kappa shape index (κ1) is 8.72. The van der Waals surface area contributed by atoms with Gasteiger partial charge in [0, 0.05) is 6.92 Å². The molecule has 1 N–H and O–H groups in total. The van der Waals surface area contributed by atoms with E-state index in [9.17, 15) is 4.79 Å². The Bertz CT molecular complexity index is 90.2. The fraction of sp³-hybridized carbons (Fsp3) is 0.800. The van der Waals surface area contributed by atoms with Crippen LogP contribution in [-0.4, -0.2) is 29.7 Å². The Morgan fingerprint density at radius 3 is 2.56 bits per heavy atom. The van der Waals surface area contributed by atoms with Gasteiger partial charge in [-0.2, -0.15) is 0 Å². The zero-order chi connectivity index (χ0) is 7.28. The van der Waals surface area contributed by atoms with Gasteiger partial charge in [-0.15, -0.1) is 11.6 Å². The number of alkyl halides is 1. The van der Waals surface area contributed by atoms with Crippen molar-refractivity contribution in [2.45, 2.75) is 13.0 Å². The summed E-state index contributed by atoms with van der Waals surface area (Å²) < 4.78 is 4.53. The van der Waals surface area contributed by atoms with Gasteiger partial charge in [-0.1, -0.05) is 0 Å². The van der Waals surface area contributed by atoms with Crippen LogP contribution in [0.5, 0.6) is 0 Å². The number of halogens is 1. The number of esters is 1. The standard InChI is InChI=1S/C5H9ClO3/c1-4(8)9-5(2-6)3-7/h5,7H,2-3H2,1H3. The third-order valence-corrected chi connectivity index (χ3v) is 1.05. The molecule has 0 saturated carbocycles. The number of rotatable bonds is 3. The summed E-state index contributed by atoms with van der Waals surface area (Å²) in [4.78, 5) is 10.2. The van der Waals surface area contributed by atoms with E-state index in [1.165, 1.54) is 6.92 Å². The van der Waals surface area contributed by atoms with Crippen molar-refractivity contribution < 1.29 is 14.6 Å². The van der Waals surface area contributed by atoms with E-state index in [0.29, 0.717) is 0 Å². The molecular formula is C5H9ClO3. The zero-order valence-electron chi connectivity index (χ0n) is 5.13. The van der Waals surface area contributed by atoms with Gasteiger partial charge in [-0.05, 0) is 0 Å². The fourth-order valence-electron chi connectivity index (χ4n) is 0.352. The van der Waals surface area contributed by atoms with E-state index >= 15 is 0 Å². The monoisotopic (exact) mass is 152 g/mol. The quantitative estimate of drug-likeness (QED) is 0.463. The van der Waals surface area contributed by atoms with E-state index in [1.807, 2.05) is 0 Å². The first-order chi connectivity index (χ1) is 4.20. The summed E-state index contributed by atoms with van der Waals surface area (Å²) in [6, 6.07) is 0. The van der Waals surface area contributed by atoms with Crippen LogP contribution in [-0.2, 0) is 9.53 Å². The summed E-state index contributed by atoms with van der Waals surface area (Å²) in [7, 11) is 0. The Labute approximate surface area is 58.6 Å². The minimum Gasteiger partial charge on any atom is -0.459 e. The van der Waals surface area contributed by atoms with Crippen molar-refractivity contribution >= 4 is 17.6 Å². The lowest BCUT2D eigenvalue weighted by molar-refractivity contribution is -0.147. The second-order valence-corrected chi connectivity index (χ2v) is 1.88. The van der Waals surface area contributed by atoms with E-state index in [2.05, 4.69) is 4.74 Å². The fourth-order valence-corrected chi connectivity index (χ4v) is 0.513. The molecule has 0 spiro atoms. The molecule has 0 aromatic rings. The Hall–Kier alpha value is -0.280. The number of carbonyl (C=O) groups excluding carboxylic acids is 1. The molecule has 0 amide bonds. The minimum atomic E-state index is -0.552. The first-order valence-corrected chi connectivity index (χ1v) is 3.08. The van der Waals surface area contributed by atoms with Gasteiger partial charge in [0.15, 0.2) is 0 Å². The molecule has 0 saturated heterocycles. The summed E-state index contributed by atoms with van der Waals surface area (Å²) in [5.74, 6) is -0.287. The summed E-state index contributed by atoms with van der Waals surface area (Å²) in [5, 5.41) is 8.41. The minimum absolute atomic E-state index is 0.135. The molecule has 0 aromatic heterocycles. The molecule has 1 unspecified atom stereocenters. The van der Waals surface area contributed by atoms with Gasteiger partial charge in [0.1, 0.15) is 6.10 Å². The highest BCUT2D eigenvalue weighted by Gasteiger charge is 2.07. The van der Waals surface area contributed by atoms with Crippen LogP contribution in [0.4, 0.5) is 0 Å². The summed E-state index contributed by atoms with van der Waals surface area (Å²) >= 11 is 5.27. The first-order valence-electron chi connectivity index (χ1n) is 2.54. The van der Waals surface area contributed by atoms with Crippen LogP contribution in [0.3, 0.4) is 0 Å². The average molecular weight is 153 g/mol. The molecule has 0 aromatic carbocycles. The maximum absolute atomic E-state index is 10.2. The average Bonchev–Trinajstić information content (AvgIpc) is 1.82. The molecule has 54 valence electrons. The molecule has 0 rings (SSSR count). The highest BCUT2D eigenvalue weighted by Crippen LogP contribution is 1.93. The van der Waals surface area contributed by atoms with Crippen LogP contribution in [0.25, 0.3) is 0 Å². The van der Waals surface area contributed by atoms with Gasteiger partial charge in [0.25, 0.3) is 0 Å². The van der Waals surface area contributed by atoms with E-state index in [1.54, 1.807) is 0 Å². The van der Waals surface area contributed by atoms with Gasteiger partial charge in [0.05, 0.1) is 12.5 Å². The van der Waals surface area contributed by atoms with Crippen LogP contribution in [0.2, 0.25) is 0 Å². The molecule has 4 heteroatoms. The third-order valence-electron chi connectivity index (χ3n) is 0.708. The van der Waals surface area contributed by atoms with Gasteiger partial charge in [0.2, 0.25) is 0 Å².